The first-order valence-corrected chi connectivity index (χ1v) is 4.45. The number of hydrogen-bond acceptors (Lipinski definition) is 0. The van der Waals surface area contributed by atoms with Crippen molar-refractivity contribution in [1.82, 2.24) is 0 Å². The predicted octanol–water partition coefficient (Wildman–Crippen LogP) is 0.944. The van der Waals surface area contributed by atoms with Gasteiger partial charge < -0.3 is 0 Å². The van der Waals surface area contributed by atoms with Crippen molar-refractivity contribution >= 4 is 12.4 Å². The molecular formula is C9H18N2+2. The third-order valence-electron chi connectivity index (χ3n) is 1.99. The van der Waals surface area contributed by atoms with Gasteiger partial charge in [-0.2, -0.15) is 9.15 Å². The van der Waals surface area contributed by atoms with Gasteiger partial charge in [0, 0.05) is 6.42 Å². The molecule has 2 nitrogen and oxygen atoms in total. The second-order valence-corrected chi connectivity index (χ2v) is 3.22. The lowest BCUT2D eigenvalue weighted by atomic mass is 10.2. The van der Waals surface area contributed by atoms with Crippen LogP contribution < -0.4 is 0 Å². The van der Waals surface area contributed by atoms with Crippen LogP contribution in [0.15, 0.2) is 0 Å². The highest BCUT2D eigenvalue weighted by atomic mass is 15.2. The summed E-state index contributed by atoms with van der Waals surface area (Å²) >= 11 is 0. The summed E-state index contributed by atoms with van der Waals surface area (Å²) in [5, 5.41) is 0. The van der Waals surface area contributed by atoms with Crippen LogP contribution in [0.3, 0.4) is 0 Å². The Hall–Kier alpha value is -0.660. The lowest BCUT2D eigenvalue weighted by Gasteiger charge is -1.94. The molecule has 1 rings (SSSR count). The summed E-state index contributed by atoms with van der Waals surface area (Å²) in [6.07, 6.45) is 8.30. The molecule has 0 fully saturated rings. The quantitative estimate of drug-likeness (QED) is 0.420. The predicted molar refractivity (Wildman–Crippen MR) is 47.8 cm³/mol. The van der Waals surface area contributed by atoms with Crippen molar-refractivity contribution in [2.75, 3.05) is 20.3 Å². The maximum Gasteiger partial charge on any atom is 0.334 e. The van der Waals surface area contributed by atoms with Crippen LogP contribution >= 0.6 is 0 Å². The Kier molecular flexibility index (Phi) is 3.27. The summed E-state index contributed by atoms with van der Waals surface area (Å²) in [7, 11) is 2.11. The zero-order valence-electron chi connectivity index (χ0n) is 7.58. The third kappa shape index (κ3) is 2.83. The van der Waals surface area contributed by atoms with E-state index < -0.39 is 0 Å². The van der Waals surface area contributed by atoms with E-state index in [0.717, 1.165) is 6.67 Å². The van der Waals surface area contributed by atoms with Gasteiger partial charge in [0.05, 0.1) is 0 Å². The molecule has 1 heterocycles. The number of rotatable bonds is 4. The molecule has 0 saturated carbocycles. The van der Waals surface area contributed by atoms with E-state index in [2.05, 4.69) is 35.6 Å². The van der Waals surface area contributed by atoms with Crippen molar-refractivity contribution in [2.24, 2.45) is 0 Å². The van der Waals surface area contributed by atoms with E-state index in [1.165, 1.54) is 25.8 Å². The molecule has 0 aromatic carbocycles. The van der Waals surface area contributed by atoms with Gasteiger partial charge >= 0.3 is 6.67 Å². The lowest BCUT2D eigenvalue weighted by molar-refractivity contribution is -0.699. The fraction of sp³-hybridized carbons (Fsp3) is 0.778. The normalized spacial score (nSPS) is 16.5. The largest absolute Gasteiger partial charge is 0.334 e. The molecule has 0 spiro atoms. The fourth-order valence-electron chi connectivity index (χ4n) is 1.30. The Morgan fingerprint density at radius 2 is 2.09 bits per heavy atom. The Labute approximate surface area is 68.9 Å². The molecule has 0 N–H and O–H groups in total. The molecule has 0 atom stereocenters. The van der Waals surface area contributed by atoms with Crippen LogP contribution in [0.4, 0.5) is 0 Å². The highest BCUT2D eigenvalue weighted by Gasteiger charge is 2.14. The summed E-state index contributed by atoms with van der Waals surface area (Å²) in [5.41, 5.74) is 0. The van der Waals surface area contributed by atoms with E-state index >= 15 is 0 Å². The highest BCUT2D eigenvalue weighted by Crippen LogP contribution is 1.94. The highest BCUT2D eigenvalue weighted by molar-refractivity contribution is 6.11. The minimum atomic E-state index is 1.07. The summed E-state index contributed by atoms with van der Waals surface area (Å²) in [6, 6.07) is 0. The summed E-state index contributed by atoms with van der Waals surface area (Å²) < 4.78 is 4.56. The van der Waals surface area contributed by atoms with Crippen LogP contribution in [0.1, 0.15) is 26.2 Å². The van der Waals surface area contributed by atoms with Crippen LogP contribution in [-0.2, 0) is 0 Å². The average molecular weight is 154 g/mol. The van der Waals surface area contributed by atoms with Gasteiger partial charge in [0.1, 0.15) is 13.6 Å². The standard InChI is InChI=1S/C9H18N2/c1-3-4-5-6-11-8-7-10(2)9-11/h7-8H,3-6,9H2,1-2H3/q+2. The molecule has 0 aromatic heterocycles. The molecule has 2 heteroatoms. The van der Waals surface area contributed by atoms with Gasteiger partial charge in [-0.25, -0.2) is 0 Å². The van der Waals surface area contributed by atoms with Gasteiger partial charge in [0.2, 0.25) is 12.4 Å². The molecule has 11 heavy (non-hydrogen) atoms. The minimum absolute atomic E-state index is 1.07. The molecule has 0 aliphatic carbocycles. The number of nitrogens with zero attached hydrogens (tertiary/aromatic N) is 2. The van der Waals surface area contributed by atoms with Crippen LogP contribution in [-0.4, -0.2) is 41.8 Å². The van der Waals surface area contributed by atoms with Crippen molar-refractivity contribution in [1.29, 1.82) is 0 Å². The topological polar surface area (TPSA) is 6.02 Å². The van der Waals surface area contributed by atoms with Crippen LogP contribution in [0.2, 0.25) is 0 Å². The van der Waals surface area contributed by atoms with E-state index in [1.54, 1.807) is 0 Å². The van der Waals surface area contributed by atoms with Gasteiger partial charge in [-0.3, -0.25) is 0 Å². The van der Waals surface area contributed by atoms with Gasteiger partial charge in [-0.15, -0.1) is 0 Å². The van der Waals surface area contributed by atoms with Gasteiger partial charge in [-0.1, -0.05) is 13.3 Å². The molecule has 0 radical (unpaired) electrons. The monoisotopic (exact) mass is 154 g/mol. The summed E-state index contributed by atoms with van der Waals surface area (Å²) in [6.45, 7) is 4.53. The number of unbranched alkanes of at least 4 members (excludes halogenated alkanes) is 2. The molecule has 0 saturated heterocycles. The van der Waals surface area contributed by atoms with E-state index in [-0.39, 0.29) is 0 Å². The zero-order valence-corrected chi connectivity index (χ0v) is 7.58. The van der Waals surface area contributed by atoms with Crippen molar-refractivity contribution in [3.05, 3.63) is 0 Å². The van der Waals surface area contributed by atoms with Crippen LogP contribution in [0.5, 0.6) is 0 Å². The van der Waals surface area contributed by atoms with Crippen molar-refractivity contribution in [2.45, 2.75) is 26.2 Å². The van der Waals surface area contributed by atoms with Crippen molar-refractivity contribution < 1.29 is 9.15 Å². The average Bonchev–Trinajstić information content (AvgIpc) is 2.37. The van der Waals surface area contributed by atoms with Gasteiger partial charge in [-0.05, 0) is 6.42 Å². The Bertz CT molecular complexity index is 180. The first-order valence-electron chi connectivity index (χ1n) is 4.45. The Morgan fingerprint density at radius 1 is 1.27 bits per heavy atom. The second kappa shape index (κ2) is 4.27. The van der Waals surface area contributed by atoms with E-state index in [1.807, 2.05) is 0 Å². The first-order chi connectivity index (χ1) is 5.33. The van der Waals surface area contributed by atoms with Gasteiger partial charge in [0.15, 0.2) is 0 Å². The van der Waals surface area contributed by atoms with E-state index in [0.29, 0.717) is 0 Å². The Balaban J connectivity index is 2.11. The van der Waals surface area contributed by atoms with E-state index in [9.17, 15) is 0 Å². The summed E-state index contributed by atoms with van der Waals surface area (Å²) in [4.78, 5) is 0. The first kappa shape index (κ1) is 8.44. The Morgan fingerprint density at radius 3 is 2.64 bits per heavy atom. The third-order valence-corrected chi connectivity index (χ3v) is 1.99. The molecule has 0 aromatic rings. The molecule has 1 aliphatic rings. The molecule has 0 amide bonds. The lowest BCUT2D eigenvalue weighted by Crippen LogP contribution is -2.16. The molecule has 0 unspecified atom stereocenters. The molecule has 1 aliphatic heterocycles. The van der Waals surface area contributed by atoms with Gasteiger partial charge in [0.25, 0.3) is 0 Å². The van der Waals surface area contributed by atoms with Crippen LogP contribution in [0.25, 0.3) is 0 Å². The molecule has 0 bridgehead atoms. The zero-order chi connectivity index (χ0) is 8.10. The van der Waals surface area contributed by atoms with Crippen LogP contribution in [0, 0.1) is 0 Å². The van der Waals surface area contributed by atoms with Crippen molar-refractivity contribution in [3.63, 3.8) is 0 Å². The maximum absolute atomic E-state index is 2.36. The fourth-order valence-corrected chi connectivity index (χ4v) is 1.30. The SMILES string of the molecule is CCCCC[N+]1=CC=[N+](C)C1. The maximum atomic E-state index is 2.36. The summed E-state index contributed by atoms with van der Waals surface area (Å²) in [5.74, 6) is 0. The van der Waals surface area contributed by atoms with Crippen molar-refractivity contribution in [3.8, 4) is 0 Å². The molecular weight excluding hydrogens is 136 g/mol. The molecule has 62 valence electrons. The smallest absolute Gasteiger partial charge is 0.176 e. The number of hydrogen-bond donors (Lipinski definition) is 0. The van der Waals surface area contributed by atoms with E-state index in [4.69, 9.17) is 0 Å². The second-order valence-electron chi connectivity index (χ2n) is 3.22. The minimum Gasteiger partial charge on any atom is -0.176 e.